The van der Waals surface area contributed by atoms with Crippen molar-refractivity contribution in [2.75, 3.05) is 26.3 Å². The van der Waals surface area contributed by atoms with E-state index in [1.807, 2.05) is 25.1 Å². The summed E-state index contributed by atoms with van der Waals surface area (Å²) < 4.78 is 6.93. The molecule has 3 aromatic rings. The molecular weight excluding hydrogens is 450 g/mol. The largest absolute Gasteiger partial charge is 0.379 e. The quantitative estimate of drug-likeness (QED) is 0.613. The molecule has 1 unspecified atom stereocenters. The number of fused-ring (bicyclic) bond motifs is 1. The number of hydrogen-bond acceptors (Lipinski definition) is 4. The van der Waals surface area contributed by atoms with Crippen LogP contribution in [0.15, 0.2) is 53.3 Å². The number of carbonyl (C=O) groups excluding carboxylic acids is 1. The van der Waals surface area contributed by atoms with Gasteiger partial charge in [-0.2, -0.15) is 0 Å². The van der Waals surface area contributed by atoms with Crippen LogP contribution in [0.25, 0.3) is 17.3 Å². The van der Waals surface area contributed by atoms with Crippen molar-refractivity contribution in [3.8, 4) is 5.69 Å². The maximum atomic E-state index is 13.5. The zero-order valence-corrected chi connectivity index (χ0v) is 20.0. The zero-order valence-electron chi connectivity index (χ0n) is 19.2. The third kappa shape index (κ3) is 4.53. The van der Waals surface area contributed by atoms with Crippen molar-refractivity contribution in [3.05, 3.63) is 85.6 Å². The molecule has 1 saturated heterocycles. The van der Waals surface area contributed by atoms with Crippen LogP contribution in [0.3, 0.4) is 0 Å². The maximum absolute atomic E-state index is 13.5. The first-order valence-electron chi connectivity index (χ1n) is 11.7. The molecule has 1 N–H and O–H groups in total. The minimum Gasteiger partial charge on any atom is -0.379 e. The van der Waals surface area contributed by atoms with Crippen LogP contribution in [0.5, 0.6) is 0 Å². The highest BCUT2D eigenvalue weighted by molar-refractivity contribution is 6.32. The molecule has 1 aliphatic carbocycles. The molecule has 5 rings (SSSR count). The number of hydrogen-bond donors (Lipinski definition) is 1. The normalized spacial score (nSPS) is 18.9. The van der Waals surface area contributed by atoms with Crippen molar-refractivity contribution >= 4 is 29.0 Å². The highest BCUT2D eigenvalue weighted by Gasteiger charge is 2.23. The first-order chi connectivity index (χ1) is 16.5. The number of aromatic nitrogens is 2. The monoisotopic (exact) mass is 477 g/mol. The molecule has 2 aromatic carbocycles. The summed E-state index contributed by atoms with van der Waals surface area (Å²) in [5.74, 6) is -0.0413. The van der Waals surface area contributed by atoms with Gasteiger partial charge >= 0.3 is 0 Å². The molecule has 0 amide bonds. The maximum Gasteiger partial charge on any atom is 0.279 e. The number of aromatic amines is 1. The summed E-state index contributed by atoms with van der Waals surface area (Å²) in [4.78, 5) is 28.7. The summed E-state index contributed by atoms with van der Waals surface area (Å²) in [5, 5.41) is 4.71. The minimum absolute atomic E-state index is 0.0151. The van der Waals surface area contributed by atoms with Crippen molar-refractivity contribution in [1.82, 2.24) is 14.7 Å². The summed E-state index contributed by atoms with van der Waals surface area (Å²) in [7, 11) is 0. The predicted octanol–water partition coefficient (Wildman–Crippen LogP) is 2.43. The van der Waals surface area contributed by atoms with Crippen molar-refractivity contribution in [3.63, 3.8) is 0 Å². The smallest absolute Gasteiger partial charge is 0.279 e. The average Bonchev–Trinajstić information content (AvgIpc) is 3.09. The van der Waals surface area contributed by atoms with Crippen molar-refractivity contribution in [2.24, 2.45) is 5.92 Å². The van der Waals surface area contributed by atoms with Gasteiger partial charge in [-0.1, -0.05) is 53.6 Å². The average molecular weight is 478 g/mol. The van der Waals surface area contributed by atoms with Crippen LogP contribution in [0, 0.1) is 5.92 Å². The van der Waals surface area contributed by atoms with Gasteiger partial charge in [-0.25, -0.2) is 4.68 Å². The van der Waals surface area contributed by atoms with E-state index in [0.717, 1.165) is 38.4 Å². The molecule has 34 heavy (non-hydrogen) atoms. The van der Waals surface area contributed by atoms with E-state index in [-0.39, 0.29) is 17.3 Å². The van der Waals surface area contributed by atoms with E-state index in [0.29, 0.717) is 34.1 Å². The van der Waals surface area contributed by atoms with Crippen LogP contribution < -0.4 is 16.1 Å². The van der Waals surface area contributed by atoms with E-state index in [2.05, 4.69) is 28.2 Å². The van der Waals surface area contributed by atoms with Gasteiger partial charge in [-0.3, -0.25) is 19.6 Å². The molecule has 0 spiro atoms. The lowest BCUT2D eigenvalue weighted by atomic mass is 9.87. The van der Waals surface area contributed by atoms with Gasteiger partial charge in [0, 0.05) is 32.1 Å². The van der Waals surface area contributed by atoms with E-state index in [9.17, 15) is 9.59 Å². The van der Waals surface area contributed by atoms with Crippen molar-refractivity contribution in [2.45, 2.75) is 26.3 Å². The molecule has 6 nitrogen and oxygen atoms in total. The number of Topliss-reactive ketones (excluding diaryl/α,β-unsaturated/α-hetero) is 1. The molecular formula is C27H28ClN3O3. The summed E-state index contributed by atoms with van der Waals surface area (Å²) in [6.07, 6.45) is 2.65. The Morgan fingerprint density at radius 2 is 1.74 bits per heavy atom. The second-order valence-electron chi connectivity index (χ2n) is 9.05. The molecule has 1 atom stereocenters. The van der Waals surface area contributed by atoms with Crippen molar-refractivity contribution in [1.29, 1.82) is 0 Å². The number of morpholine rings is 1. The van der Waals surface area contributed by atoms with Gasteiger partial charge in [0.15, 0.2) is 5.78 Å². The Bertz CT molecular complexity index is 1400. The predicted molar refractivity (Wildman–Crippen MR) is 134 cm³/mol. The number of nitrogens with one attached hydrogen (secondary N) is 1. The second kappa shape index (κ2) is 9.74. The number of benzene rings is 2. The van der Waals surface area contributed by atoms with E-state index >= 15 is 0 Å². The molecule has 7 heteroatoms. The fraction of sp³-hybridized carbons (Fsp3) is 0.333. The van der Waals surface area contributed by atoms with E-state index in [1.165, 1.54) is 15.8 Å². The van der Waals surface area contributed by atoms with E-state index in [4.69, 9.17) is 16.3 Å². The van der Waals surface area contributed by atoms with Crippen LogP contribution in [-0.4, -0.2) is 46.8 Å². The number of ketones is 1. The summed E-state index contributed by atoms with van der Waals surface area (Å²) in [6, 6.07) is 15.6. The molecule has 176 valence electrons. The Kier molecular flexibility index (Phi) is 6.55. The number of carbonyl (C=O) groups is 1. The minimum atomic E-state index is -0.182. The lowest BCUT2D eigenvalue weighted by molar-refractivity contribution is -0.113. The topological polar surface area (TPSA) is 67.3 Å². The van der Waals surface area contributed by atoms with Gasteiger partial charge in [0.2, 0.25) is 0 Å². The molecule has 1 aromatic heterocycles. The number of para-hydroxylation sites is 1. The van der Waals surface area contributed by atoms with Crippen LogP contribution in [0.4, 0.5) is 0 Å². The molecule has 1 aliphatic heterocycles. The van der Waals surface area contributed by atoms with Crippen LogP contribution >= 0.6 is 11.6 Å². The van der Waals surface area contributed by atoms with Crippen LogP contribution in [0.2, 0.25) is 5.02 Å². The Morgan fingerprint density at radius 1 is 1.03 bits per heavy atom. The number of rotatable bonds is 5. The van der Waals surface area contributed by atoms with Crippen LogP contribution in [-0.2, 0) is 22.5 Å². The number of H-pyrrole nitrogens is 1. The second-order valence-corrected chi connectivity index (χ2v) is 9.46. The lowest BCUT2D eigenvalue weighted by Gasteiger charge is -2.28. The first kappa shape index (κ1) is 22.8. The Hall–Kier alpha value is -2.93. The fourth-order valence-electron chi connectivity index (χ4n) is 4.96. The molecule has 0 bridgehead atoms. The Labute approximate surface area is 203 Å². The Balaban J connectivity index is 1.53. The lowest BCUT2D eigenvalue weighted by Crippen LogP contribution is -2.37. The summed E-state index contributed by atoms with van der Waals surface area (Å²) >= 11 is 6.35. The molecule has 0 radical (unpaired) electrons. The van der Waals surface area contributed by atoms with Gasteiger partial charge in [0.1, 0.15) is 0 Å². The van der Waals surface area contributed by atoms with Gasteiger partial charge in [0.05, 0.1) is 34.5 Å². The molecule has 1 fully saturated rings. The third-order valence-electron chi connectivity index (χ3n) is 6.85. The first-order valence-corrected chi connectivity index (χ1v) is 12.1. The summed E-state index contributed by atoms with van der Waals surface area (Å²) in [6.45, 7) is 6.20. The van der Waals surface area contributed by atoms with Gasteiger partial charge in [-0.05, 0) is 42.5 Å². The van der Waals surface area contributed by atoms with E-state index < -0.39 is 0 Å². The van der Waals surface area contributed by atoms with Gasteiger partial charge in [-0.15, -0.1) is 0 Å². The standard InChI is InChI=1S/C27H28ClN3O3/c1-18-21(14-19-6-2-3-7-20(19)17-30-10-12-34-13-11-30)15-22(32)16-24-26(18)27(33)31(29-24)25-9-5-4-8-23(25)28/h2-9,16,21,29H,10-15,17H2,1H3. The van der Waals surface area contributed by atoms with Crippen LogP contribution in [0.1, 0.15) is 24.5 Å². The molecule has 2 heterocycles. The van der Waals surface area contributed by atoms with Gasteiger partial charge < -0.3 is 4.74 Å². The third-order valence-corrected chi connectivity index (χ3v) is 7.17. The van der Waals surface area contributed by atoms with Crippen molar-refractivity contribution < 1.29 is 9.53 Å². The molecule has 2 aliphatic rings. The summed E-state index contributed by atoms with van der Waals surface area (Å²) in [5.41, 5.74) is 3.81. The van der Waals surface area contributed by atoms with E-state index in [1.54, 1.807) is 18.2 Å². The fourth-order valence-corrected chi connectivity index (χ4v) is 5.18. The SMILES string of the molecule is CC1=c2c([nH]n(-c3ccccc3Cl)c2=O)=CC(=O)CC1Cc1ccccc1CN1CCOCC1. The Morgan fingerprint density at radius 3 is 2.50 bits per heavy atom. The highest BCUT2D eigenvalue weighted by Crippen LogP contribution is 2.25. The van der Waals surface area contributed by atoms with Gasteiger partial charge in [0.25, 0.3) is 5.56 Å². The highest BCUT2D eigenvalue weighted by atomic mass is 35.5. The zero-order chi connectivity index (χ0) is 23.7. The number of nitrogens with zero attached hydrogens (tertiary/aromatic N) is 2. The number of halogens is 1. The molecule has 0 saturated carbocycles. The number of ether oxygens (including phenoxy) is 1.